The average Bonchev–Trinajstić information content (AvgIpc) is 3.27. The molecule has 0 radical (unpaired) electrons. The minimum absolute atomic E-state index is 0.360. The zero-order valence-electron chi connectivity index (χ0n) is 23.1. The van der Waals surface area contributed by atoms with Crippen molar-refractivity contribution in [3.05, 3.63) is 11.1 Å². The van der Waals surface area contributed by atoms with Crippen LogP contribution in [0.3, 0.4) is 0 Å². The second-order valence-electron chi connectivity index (χ2n) is 13.8. The first-order valence-electron chi connectivity index (χ1n) is 15.1. The molecule has 4 saturated carbocycles. The average molecular weight is 482 g/mol. The van der Waals surface area contributed by atoms with Crippen molar-refractivity contribution in [3.8, 4) is 0 Å². The van der Waals surface area contributed by atoms with Gasteiger partial charge in [-0.1, -0.05) is 52.5 Å². The summed E-state index contributed by atoms with van der Waals surface area (Å²) < 4.78 is 0. The smallest absolute Gasteiger partial charge is 0.0360 e. The van der Waals surface area contributed by atoms with E-state index in [1.807, 2.05) is 5.57 Å². The Bertz CT molecular complexity index is 866. The monoisotopic (exact) mass is 481 g/mol. The maximum atomic E-state index is 5.05. The summed E-state index contributed by atoms with van der Waals surface area (Å²) in [5.41, 5.74) is 6.81. The second kappa shape index (κ2) is 9.47. The van der Waals surface area contributed by atoms with Crippen LogP contribution in [-0.4, -0.2) is 17.5 Å². The number of allylic oxidation sites excluding steroid dienone is 2. The molecule has 0 aromatic carbocycles. The molecule has 1 spiro atoms. The molecule has 0 bridgehead atoms. The van der Waals surface area contributed by atoms with Gasteiger partial charge in [-0.3, -0.25) is 4.99 Å². The molecule has 0 amide bonds. The maximum Gasteiger partial charge on any atom is 0.0360 e. The SMILES string of the molecule is CCCC(CC12CCC3C(CCC34CCC3CCCCC3(C)C4)C1=C(C(C)C)C(=P)C2)=NCC. The Kier molecular flexibility index (Phi) is 7.03. The highest BCUT2D eigenvalue weighted by Gasteiger charge is 2.61. The summed E-state index contributed by atoms with van der Waals surface area (Å²) in [6, 6.07) is 0. The molecule has 5 rings (SSSR count). The third kappa shape index (κ3) is 4.03. The van der Waals surface area contributed by atoms with E-state index in [4.69, 9.17) is 4.99 Å². The molecule has 0 aromatic heterocycles. The fourth-order valence-electron chi connectivity index (χ4n) is 10.4. The lowest BCUT2D eigenvalue weighted by molar-refractivity contribution is -0.0473. The van der Waals surface area contributed by atoms with Crippen LogP contribution in [0.15, 0.2) is 16.1 Å². The Morgan fingerprint density at radius 1 is 1.03 bits per heavy atom. The van der Waals surface area contributed by atoms with E-state index in [0.717, 1.165) is 24.3 Å². The highest BCUT2D eigenvalue weighted by atomic mass is 31.0. The Morgan fingerprint density at radius 2 is 1.82 bits per heavy atom. The second-order valence-corrected chi connectivity index (χ2v) is 14.5. The molecule has 6 atom stereocenters. The standard InChI is InChI=1S/C32H52NP/c1-6-10-24(33-7-2)19-32-18-14-26-25(29(32)28(22(3)4)27(34)20-32)13-17-31(26)16-12-23-11-8-9-15-30(23,5)21-31/h22-23,25-26,34H,6-21H2,1-5H3. The maximum absolute atomic E-state index is 5.05. The number of fused-ring (bicyclic) bond motifs is 5. The molecule has 5 aliphatic carbocycles. The van der Waals surface area contributed by atoms with Crippen molar-refractivity contribution < 1.29 is 0 Å². The van der Waals surface area contributed by atoms with E-state index in [0.29, 0.717) is 22.2 Å². The first-order chi connectivity index (χ1) is 16.3. The Balaban J connectivity index is 1.50. The van der Waals surface area contributed by atoms with Gasteiger partial charge in [-0.2, -0.15) is 0 Å². The van der Waals surface area contributed by atoms with E-state index in [2.05, 4.69) is 43.5 Å². The molecular formula is C32H52NP. The molecule has 4 fully saturated rings. The van der Waals surface area contributed by atoms with Crippen molar-refractivity contribution in [3.63, 3.8) is 0 Å². The van der Waals surface area contributed by atoms with Crippen LogP contribution in [0, 0.1) is 39.9 Å². The number of hydrogen-bond donors (Lipinski definition) is 0. The van der Waals surface area contributed by atoms with Gasteiger partial charge >= 0.3 is 0 Å². The van der Waals surface area contributed by atoms with Crippen LogP contribution in [0.1, 0.15) is 131 Å². The molecular weight excluding hydrogens is 429 g/mol. The lowest BCUT2D eigenvalue weighted by Crippen LogP contribution is -2.47. The largest absolute Gasteiger partial charge is 0.294 e. The highest BCUT2D eigenvalue weighted by Crippen LogP contribution is 2.70. The third-order valence-corrected chi connectivity index (χ3v) is 12.0. The summed E-state index contributed by atoms with van der Waals surface area (Å²) in [4.78, 5) is 5.05. The first-order valence-corrected chi connectivity index (χ1v) is 15.6. The van der Waals surface area contributed by atoms with Crippen LogP contribution in [0.4, 0.5) is 0 Å². The van der Waals surface area contributed by atoms with Gasteiger partial charge < -0.3 is 0 Å². The van der Waals surface area contributed by atoms with Gasteiger partial charge in [0.15, 0.2) is 0 Å². The van der Waals surface area contributed by atoms with Crippen LogP contribution in [0.5, 0.6) is 0 Å². The van der Waals surface area contributed by atoms with Gasteiger partial charge in [0.25, 0.3) is 0 Å². The van der Waals surface area contributed by atoms with Crippen LogP contribution in [0.25, 0.3) is 0 Å². The zero-order valence-corrected chi connectivity index (χ0v) is 24.1. The summed E-state index contributed by atoms with van der Waals surface area (Å²) in [6.07, 6.45) is 21.4. The number of aliphatic imine (C=N–C) groups is 1. The minimum atomic E-state index is 0.360. The van der Waals surface area contributed by atoms with E-state index in [9.17, 15) is 0 Å². The molecule has 1 nitrogen and oxygen atoms in total. The van der Waals surface area contributed by atoms with Crippen molar-refractivity contribution in [1.29, 1.82) is 0 Å². The predicted molar refractivity (Wildman–Crippen MR) is 152 cm³/mol. The lowest BCUT2D eigenvalue weighted by Gasteiger charge is -2.56. The normalized spacial score (nSPS) is 42.4. The van der Waals surface area contributed by atoms with E-state index < -0.39 is 0 Å². The van der Waals surface area contributed by atoms with Crippen molar-refractivity contribution in [2.45, 2.75) is 131 Å². The fourth-order valence-corrected chi connectivity index (χ4v) is 11.2. The zero-order chi connectivity index (χ0) is 24.1. The molecule has 190 valence electrons. The third-order valence-electron chi connectivity index (χ3n) is 11.6. The highest BCUT2D eigenvalue weighted by molar-refractivity contribution is 7.22. The molecule has 6 unspecified atom stereocenters. The predicted octanol–water partition coefficient (Wildman–Crippen LogP) is 9.48. The van der Waals surface area contributed by atoms with Crippen LogP contribution >= 0.6 is 8.86 Å². The van der Waals surface area contributed by atoms with Crippen LogP contribution < -0.4 is 0 Å². The molecule has 0 aromatic rings. The number of rotatable bonds is 6. The molecule has 0 heterocycles. The van der Waals surface area contributed by atoms with Gasteiger partial charge in [-0.15, -0.1) is 8.86 Å². The molecule has 34 heavy (non-hydrogen) atoms. The summed E-state index contributed by atoms with van der Waals surface area (Å²) in [6.45, 7) is 13.1. The van der Waals surface area contributed by atoms with Gasteiger partial charge in [0.2, 0.25) is 0 Å². The summed E-state index contributed by atoms with van der Waals surface area (Å²) in [5, 5.41) is 1.54. The van der Waals surface area contributed by atoms with E-state index >= 15 is 0 Å². The van der Waals surface area contributed by atoms with Crippen molar-refractivity contribution in [2.75, 3.05) is 6.54 Å². The number of nitrogens with zero attached hydrogens (tertiary/aromatic N) is 1. The van der Waals surface area contributed by atoms with E-state index in [-0.39, 0.29) is 0 Å². The van der Waals surface area contributed by atoms with Gasteiger partial charge in [0.05, 0.1) is 0 Å². The molecule has 0 aliphatic heterocycles. The molecule has 0 saturated heterocycles. The van der Waals surface area contributed by atoms with Gasteiger partial charge in [0.1, 0.15) is 0 Å². The van der Waals surface area contributed by atoms with Crippen molar-refractivity contribution >= 4 is 19.9 Å². The van der Waals surface area contributed by atoms with E-state index in [1.165, 1.54) is 95.6 Å². The van der Waals surface area contributed by atoms with Crippen LogP contribution in [0.2, 0.25) is 0 Å². The molecule has 2 heteroatoms. The lowest BCUT2D eigenvalue weighted by atomic mass is 9.49. The molecule has 0 N–H and O–H groups in total. The van der Waals surface area contributed by atoms with E-state index in [1.54, 1.807) is 17.3 Å². The summed E-state index contributed by atoms with van der Waals surface area (Å²) in [5.74, 6) is 3.44. The van der Waals surface area contributed by atoms with Crippen molar-refractivity contribution in [2.24, 2.45) is 44.9 Å². The fraction of sp³-hybridized carbons (Fsp3) is 0.875. The molecule has 5 aliphatic rings. The summed E-state index contributed by atoms with van der Waals surface area (Å²) >= 11 is 0. The van der Waals surface area contributed by atoms with Gasteiger partial charge in [0, 0.05) is 17.7 Å². The summed E-state index contributed by atoms with van der Waals surface area (Å²) in [7, 11) is 4.22. The van der Waals surface area contributed by atoms with Gasteiger partial charge in [-0.05, 0) is 129 Å². The Hall–Kier alpha value is -0.420. The van der Waals surface area contributed by atoms with Gasteiger partial charge in [-0.25, -0.2) is 0 Å². The number of hydrogen-bond acceptors (Lipinski definition) is 1. The quantitative estimate of drug-likeness (QED) is 0.264. The van der Waals surface area contributed by atoms with Crippen molar-refractivity contribution in [1.82, 2.24) is 0 Å². The van der Waals surface area contributed by atoms with Crippen LogP contribution in [-0.2, 0) is 0 Å². The first kappa shape index (κ1) is 25.2. The Morgan fingerprint density at radius 3 is 2.56 bits per heavy atom. The minimum Gasteiger partial charge on any atom is -0.294 e. The Labute approximate surface area is 213 Å². The topological polar surface area (TPSA) is 12.4 Å².